The van der Waals surface area contributed by atoms with Crippen LogP contribution in [0.4, 0.5) is 17.1 Å². The lowest BCUT2D eigenvalue weighted by Gasteiger charge is -2.30. The summed E-state index contributed by atoms with van der Waals surface area (Å²) in [6, 6.07) is 21.9. The number of ether oxygens (including phenoxy) is 1. The number of rotatable bonds is 1. The fourth-order valence-corrected chi connectivity index (χ4v) is 4.29. The average molecular weight is 341 g/mol. The summed E-state index contributed by atoms with van der Waals surface area (Å²) < 4.78 is 6.21. The molecule has 2 aliphatic rings. The highest BCUT2D eigenvalue weighted by Gasteiger charge is 2.26. The molecule has 3 aromatic carbocycles. The van der Waals surface area contributed by atoms with Crippen molar-refractivity contribution in [2.75, 3.05) is 4.90 Å². The average Bonchev–Trinajstić information content (AvgIpc) is 2.84. The molecule has 0 saturated carbocycles. The number of para-hydroxylation sites is 1. The second-order valence-corrected chi connectivity index (χ2v) is 7.35. The van der Waals surface area contributed by atoms with E-state index in [1.54, 1.807) is 0 Å². The van der Waals surface area contributed by atoms with E-state index in [0.717, 1.165) is 17.9 Å². The Kier molecular flexibility index (Phi) is 3.70. The molecule has 2 nitrogen and oxygen atoms in total. The standard InChI is InChI=1S/C24H23NO/c1-17-13-14-23-24(15-17)26-16-19-8-3-5-11-21(19)25(23)22-12-6-9-18-7-2-4-10-20(18)22/h3,5-6,8-9,11-15H,2,4,7,10,16H2,1H3. The van der Waals surface area contributed by atoms with Crippen molar-refractivity contribution >= 4 is 17.1 Å². The van der Waals surface area contributed by atoms with Gasteiger partial charge in [0.1, 0.15) is 12.4 Å². The van der Waals surface area contributed by atoms with Gasteiger partial charge in [0.2, 0.25) is 0 Å². The molecule has 0 bridgehead atoms. The number of hydrogen-bond acceptors (Lipinski definition) is 2. The van der Waals surface area contributed by atoms with E-state index in [1.165, 1.54) is 52.9 Å². The molecule has 0 fully saturated rings. The van der Waals surface area contributed by atoms with Crippen LogP contribution in [-0.2, 0) is 19.4 Å². The molecule has 0 N–H and O–H groups in total. The third kappa shape index (κ3) is 2.48. The van der Waals surface area contributed by atoms with Crippen molar-refractivity contribution in [3.8, 4) is 5.75 Å². The maximum Gasteiger partial charge on any atom is 0.144 e. The van der Waals surface area contributed by atoms with Crippen LogP contribution in [0.5, 0.6) is 5.75 Å². The number of anilines is 3. The van der Waals surface area contributed by atoms with Gasteiger partial charge >= 0.3 is 0 Å². The normalized spacial score (nSPS) is 15.3. The van der Waals surface area contributed by atoms with Crippen LogP contribution in [0.3, 0.4) is 0 Å². The molecule has 0 spiro atoms. The van der Waals surface area contributed by atoms with Gasteiger partial charge in [0.05, 0.1) is 11.4 Å². The summed E-state index contributed by atoms with van der Waals surface area (Å²) in [5.74, 6) is 0.967. The molecule has 0 saturated heterocycles. The second-order valence-electron chi connectivity index (χ2n) is 7.35. The van der Waals surface area contributed by atoms with Gasteiger partial charge in [0.25, 0.3) is 0 Å². The van der Waals surface area contributed by atoms with Crippen LogP contribution >= 0.6 is 0 Å². The Morgan fingerprint density at radius 1 is 0.769 bits per heavy atom. The van der Waals surface area contributed by atoms with Crippen molar-refractivity contribution in [3.05, 3.63) is 82.9 Å². The van der Waals surface area contributed by atoms with Gasteiger partial charge in [-0.1, -0.05) is 36.4 Å². The van der Waals surface area contributed by atoms with E-state index in [4.69, 9.17) is 4.74 Å². The van der Waals surface area contributed by atoms with E-state index in [-0.39, 0.29) is 0 Å². The van der Waals surface area contributed by atoms with Gasteiger partial charge in [-0.25, -0.2) is 0 Å². The van der Waals surface area contributed by atoms with Crippen LogP contribution in [0.15, 0.2) is 60.7 Å². The quantitative estimate of drug-likeness (QED) is 0.520. The first kappa shape index (κ1) is 15.5. The van der Waals surface area contributed by atoms with Gasteiger partial charge in [-0.3, -0.25) is 0 Å². The Morgan fingerprint density at radius 3 is 2.54 bits per heavy atom. The number of aryl methyl sites for hydroxylation is 2. The first-order valence-electron chi connectivity index (χ1n) is 9.53. The van der Waals surface area contributed by atoms with Crippen molar-refractivity contribution in [2.45, 2.75) is 39.2 Å². The summed E-state index contributed by atoms with van der Waals surface area (Å²) in [5, 5.41) is 0. The number of benzene rings is 3. The van der Waals surface area contributed by atoms with E-state index in [9.17, 15) is 0 Å². The molecule has 26 heavy (non-hydrogen) atoms. The Morgan fingerprint density at radius 2 is 1.58 bits per heavy atom. The summed E-state index contributed by atoms with van der Waals surface area (Å²) in [7, 11) is 0. The molecule has 130 valence electrons. The molecular weight excluding hydrogens is 318 g/mol. The molecule has 0 aromatic heterocycles. The molecule has 1 aliphatic heterocycles. The highest BCUT2D eigenvalue weighted by molar-refractivity contribution is 5.84. The topological polar surface area (TPSA) is 12.5 Å². The summed E-state index contributed by atoms with van der Waals surface area (Å²) in [4.78, 5) is 2.42. The van der Waals surface area contributed by atoms with E-state index < -0.39 is 0 Å². The number of fused-ring (bicyclic) bond motifs is 3. The molecule has 1 heterocycles. The SMILES string of the molecule is Cc1ccc2c(c1)OCc1ccccc1N2c1cccc2c1CCCC2. The number of nitrogens with zero attached hydrogens (tertiary/aromatic N) is 1. The monoisotopic (exact) mass is 341 g/mol. The van der Waals surface area contributed by atoms with Crippen molar-refractivity contribution < 1.29 is 4.74 Å². The minimum Gasteiger partial charge on any atom is -0.487 e. The summed E-state index contributed by atoms with van der Waals surface area (Å²) in [6.07, 6.45) is 4.92. The van der Waals surface area contributed by atoms with Gasteiger partial charge in [-0.2, -0.15) is 0 Å². The van der Waals surface area contributed by atoms with E-state index in [1.807, 2.05) is 0 Å². The third-order valence-electron chi connectivity index (χ3n) is 5.58. The smallest absolute Gasteiger partial charge is 0.144 e. The van der Waals surface area contributed by atoms with Crippen LogP contribution < -0.4 is 9.64 Å². The highest BCUT2D eigenvalue weighted by Crippen LogP contribution is 2.46. The summed E-state index contributed by atoms with van der Waals surface area (Å²) in [6.45, 7) is 2.73. The molecular formula is C24H23NO. The zero-order valence-electron chi connectivity index (χ0n) is 15.2. The van der Waals surface area contributed by atoms with Gasteiger partial charge in [-0.15, -0.1) is 0 Å². The minimum absolute atomic E-state index is 0.609. The van der Waals surface area contributed by atoms with Crippen LogP contribution in [0, 0.1) is 6.92 Å². The first-order valence-corrected chi connectivity index (χ1v) is 9.53. The Bertz CT molecular complexity index is 976. The number of hydrogen-bond donors (Lipinski definition) is 0. The third-order valence-corrected chi connectivity index (χ3v) is 5.58. The maximum absolute atomic E-state index is 6.21. The lowest BCUT2D eigenvalue weighted by molar-refractivity contribution is 0.310. The second kappa shape index (κ2) is 6.21. The maximum atomic E-state index is 6.21. The fourth-order valence-electron chi connectivity index (χ4n) is 4.29. The van der Waals surface area contributed by atoms with Gasteiger partial charge < -0.3 is 9.64 Å². The Hall–Kier alpha value is -2.74. The first-order chi connectivity index (χ1) is 12.8. The molecule has 0 radical (unpaired) electrons. The van der Waals surface area contributed by atoms with Crippen molar-refractivity contribution in [1.82, 2.24) is 0 Å². The van der Waals surface area contributed by atoms with Gasteiger partial charge in [0, 0.05) is 11.3 Å². The highest BCUT2D eigenvalue weighted by atomic mass is 16.5. The lowest BCUT2D eigenvalue weighted by atomic mass is 9.89. The van der Waals surface area contributed by atoms with E-state index >= 15 is 0 Å². The predicted molar refractivity (Wildman–Crippen MR) is 107 cm³/mol. The molecule has 3 aromatic rings. The van der Waals surface area contributed by atoms with Gasteiger partial charge in [-0.05, 0) is 73.6 Å². The Balaban J connectivity index is 1.78. The summed E-state index contributed by atoms with van der Waals surface area (Å²) >= 11 is 0. The van der Waals surface area contributed by atoms with Crippen LogP contribution in [-0.4, -0.2) is 0 Å². The van der Waals surface area contributed by atoms with Crippen LogP contribution in [0.25, 0.3) is 0 Å². The zero-order valence-corrected chi connectivity index (χ0v) is 15.2. The zero-order chi connectivity index (χ0) is 17.5. The van der Waals surface area contributed by atoms with E-state index in [0.29, 0.717) is 6.61 Å². The largest absolute Gasteiger partial charge is 0.487 e. The lowest BCUT2D eigenvalue weighted by Crippen LogP contribution is -2.15. The van der Waals surface area contributed by atoms with Crippen molar-refractivity contribution in [1.29, 1.82) is 0 Å². The van der Waals surface area contributed by atoms with Crippen LogP contribution in [0.2, 0.25) is 0 Å². The summed E-state index contributed by atoms with van der Waals surface area (Å²) in [5.41, 5.74) is 9.14. The minimum atomic E-state index is 0.609. The predicted octanol–water partition coefficient (Wildman–Crippen LogP) is 6.24. The van der Waals surface area contributed by atoms with Crippen LogP contribution in [0.1, 0.15) is 35.1 Å². The van der Waals surface area contributed by atoms with Gasteiger partial charge in [0.15, 0.2) is 0 Å². The molecule has 0 atom stereocenters. The Labute approximate surface area is 155 Å². The van der Waals surface area contributed by atoms with Crippen molar-refractivity contribution in [3.63, 3.8) is 0 Å². The molecule has 2 heteroatoms. The molecule has 0 unspecified atom stereocenters. The van der Waals surface area contributed by atoms with Crippen molar-refractivity contribution in [2.24, 2.45) is 0 Å². The molecule has 5 rings (SSSR count). The fraction of sp³-hybridized carbons (Fsp3) is 0.250. The van der Waals surface area contributed by atoms with E-state index in [2.05, 4.69) is 72.5 Å². The molecule has 1 aliphatic carbocycles. The molecule has 0 amide bonds.